The van der Waals surface area contributed by atoms with E-state index in [1.165, 1.54) is 12.1 Å². The Balaban J connectivity index is 1.57. The summed E-state index contributed by atoms with van der Waals surface area (Å²) in [6.07, 6.45) is 2.16. The number of hydrogen-bond donors (Lipinski definition) is 1. The minimum absolute atomic E-state index is 0.128. The maximum absolute atomic E-state index is 13.0. The minimum atomic E-state index is -0.312. The summed E-state index contributed by atoms with van der Waals surface area (Å²) in [5.74, 6) is 1.88. The highest BCUT2D eigenvalue weighted by molar-refractivity contribution is 5.76. The number of benzene rings is 2. The van der Waals surface area contributed by atoms with Crippen molar-refractivity contribution in [3.05, 3.63) is 65.9 Å². The maximum atomic E-state index is 13.0. The lowest BCUT2D eigenvalue weighted by atomic mass is 10.1. The molecule has 0 aliphatic carbocycles. The van der Waals surface area contributed by atoms with Crippen molar-refractivity contribution in [1.82, 2.24) is 10.3 Å². The Morgan fingerprint density at radius 3 is 2.62 bits per heavy atom. The van der Waals surface area contributed by atoms with Crippen LogP contribution in [0.15, 0.2) is 53.1 Å². The number of ether oxygens (including phenoxy) is 2. The van der Waals surface area contributed by atoms with Gasteiger partial charge in [-0.3, -0.25) is 4.79 Å². The molecule has 3 rings (SSSR count). The zero-order chi connectivity index (χ0) is 20.8. The van der Waals surface area contributed by atoms with Gasteiger partial charge in [-0.25, -0.2) is 9.37 Å². The molecule has 0 spiro atoms. The third-order valence-corrected chi connectivity index (χ3v) is 4.53. The van der Waals surface area contributed by atoms with Crippen LogP contribution in [0.5, 0.6) is 11.5 Å². The number of nitrogens with one attached hydrogen (secondary N) is 1. The number of aryl methyl sites for hydroxylation is 1. The highest BCUT2D eigenvalue weighted by Crippen LogP contribution is 2.29. The van der Waals surface area contributed by atoms with Crippen molar-refractivity contribution in [2.45, 2.75) is 25.8 Å². The second-order valence-electron chi connectivity index (χ2n) is 6.52. The van der Waals surface area contributed by atoms with Gasteiger partial charge < -0.3 is 19.2 Å². The summed E-state index contributed by atoms with van der Waals surface area (Å²) in [7, 11) is 3.16. The average Bonchev–Trinajstić information content (AvgIpc) is 3.21. The van der Waals surface area contributed by atoms with Crippen LogP contribution in [0.1, 0.15) is 30.8 Å². The first-order chi connectivity index (χ1) is 14.0. The van der Waals surface area contributed by atoms with E-state index in [2.05, 4.69) is 10.3 Å². The first-order valence-electron chi connectivity index (χ1n) is 9.22. The van der Waals surface area contributed by atoms with Crippen LogP contribution >= 0.6 is 0 Å². The lowest BCUT2D eigenvalue weighted by Gasteiger charge is -2.18. The summed E-state index contributed by atoms with van der Waals surface area (Å²) < 4.78 is 29.3. The second kappa shape index (κ2) is 9.23. The first kappa shape index (κ1) is 20.4. The molecule has 0 saturated carbocycles. The van der Waals surface area contributed by atoms with E-state index in [-0.39, 0.29) is 24.2 Å². The van der Waals surface area contributed by atoms with Crippen molar-refractivity contribution in [2.75, 3.05) is 14.2 Å². The molecule has 6 nitrogen and oxygen atoms in total. The zero-order valence-corrected chi connectivity index (χ0v) is 16.6. The number of rotatable bonds is 8. The topological polar surface area (TPSA) is 73.6 Å². The fourth-order valence-electron chi connectivity index (χ4n) is 2.96. The summed E-state index contributed by atoms with van der Waals surface area (Å²) in [5.41, 5.74) is 1.59. The van der Waals surface area contributed by atoms with Crippen molar-refractivity contribution in [2.24, 2.45) is 0 Å². The van der Waals surface area contributed by atoms with E-state index < -0.39 is 0 Å². The van der Waals surface area contributed by atoms with Crippen molar-refractivity contribution in [1.29, 1.82) is 0 Å². The van der Waals surface area contributed by atoms with Gasteiger partial charge >= 0.3 is 0 Å². The number of aromatic nitrogens is 1. The number of halogens is 1. The molecule has 7 heteroatoms. The van der Waals surface area contributed by atoms with Crippen molar-refractivity contribution < 1.29 is 23.1 Å². The largest absolute Gasteiger partial charge is 0.497 e. The molecule has 0 bridgehead atoms. The van der Waals surface area contributed by atoms with Crippen LogP contribution in [0.3, 0.4) is 0 Å². The predicted molar refractivity (Wildman–Crippen MR) is 106 cm³/mol. The molecule has 1 aromatic heterocycles. The molecule has 0 saturated heterocycles. The van der Waals surface area contributed by atoms with Gasteiger partial charge in [-0.15, -0.1) is 0 Å². The number of carbonyl (C=O) groups excluding carboxylic acids is 1. The van der Waals surface area contributed by atoms with E-state index in [1.54, 1.807) is 38.6 Å². The van der Waals surface area contributed by atoms with E-state index in [0.29, 0.717) is 29.6 Å². The van der Waals surface area contributed by atoms with Crippen LogP contribution in [-0.4, -0.2) is 25.1 Å². The van der Waals surface area contributed by atoms with Gasteiger partial charge in [0.2, 0.25) is 5.91 Å². The lowest BCUT2D eigenvalue weighted by Crippen LogP contribution is -2.27. The van der Waals surface area contributed by atoms with Gasteiger partial charge in [0.15, 0.2) is 11.7 Å². The van der Waals surface area contributed by atoms with Gasteiger partial charge in [0.05, 0.1) is 26.5 Å². The molecule has 1 unspecified atom stereocenters. The van der Waals surface area contributed by atoms with Crippen LogP contribution in [0, 0.1) is 5.82 Å². The van der Waals surface area contributed by atoms with Crippen LogP contribution in [0.4, 0.5) is 4.39 Å². The molecular weight excluding hydrogens is 375 g/mol. The van der Waals surface area contributed by atoms with Crippen molar-refractivity contribution >= 4 is 5.91 Å². The summed E-state index contributed by atoms with van der Waals surface area (Å²) >= 11 is 0. The van der Waals surface area contributed by atoms with E-state index in [9.17, 15) is 9.18 Å². The van der Waals surface area contributed by atoms with Crippen molar-refractivity contribution in [3.8, 4) is 22.8 Å². The molecule has 152 valence electrons. The molecule has 1 heterocycles. The van der Waals surface area contributed by atoms with Crippen molar-refractivity contribution in [3.63, 3.8) is 0 Å². The molecule has 1 N–H and O–H groups in total. The number of methoxy groups -OCH3 is 2. The Hall–Kier alpha value is -3.35. The highest BCUT2D eigenvalue weighted by atomic mass is 19.1. The van der Waals surface area contributed by atoms with E-state index >= 15 is 0 Å². The van der Waals surface area contributed by atoms with Gasteiger partial charge in [0.25, 0.3) is 0 Å². The smallest absolute Gasteiger partial charge is 0.220 e. The fourth-order valence-corrected chi connectivity index (χ4v) is 2.96. The molecule has 0 fully saturated rings. The van der Waals surface area contributed by atoms with E-state index in [0.717, 1.165) is 11.1 Å². The van der Waals surface area contributed by atoms with Gasteiger partial charge in [0.1, 0.15) is 17.3 Å². The molecular formula is C22H23FN2O4. The van der Waals surface area contributed by atoms with Gasteiger partial charge in [-0.05, 0) is 43.3 Å². The predicted octanol–water partition coefficient (Wildman–Crippen LogP) is 4.31. The number of nitrogens with zero attached hydrogens (tertiary/aromatic N) is 1. The normalized spacial score (nSPS) is 11.7. The standard InChI is InChI=1S/C22H23FN2O4/c1-14(18-9-8-17(27-2)12-19(18)28-3)25-21(26)10-11-22-24-13-20(29-22)15-4-6-16(23)7-5-15/h4-9,12-14H,10-11H2,1-3H3,(H,25,26). The highest BCUT2D eigenvalue weighted by Gasteiger charge is 2.16. The third kappa shape index (κ3) is 5.13. The van der Waals surface area contributed by atoms with Gasteiger partial charge in [0, 0.05) is 30.0 Å². The van der Waals surface area contributed by atoms with E-state index in [1.807, 2.05) is 19.1 Å². The molecule has 0 radical (unpaired) electrons. The second-order valence-corrected chi connectivity index (χ2v) is 6.52. The zero-order valence-electron chi connectivity index (χ0n) is 16.6. The van der Waals surface area contributed by atoms with E-state index in [4.69, 9.17) is 13.9 Å². The SMILES string of the molecule is COc1ccc(C(C)NC(=O)CCc2ncc(-c3ccc(F)cc3)o2)c(OC)c1. The van der Waals surface area contributed by atoms with Gasteiger partial charge in [-0.1, -0.05) is 0 Å². The molecule has 0 aliphatic rings. The van der Waals surface area contributed by atoms with Crippen LogP contribution in [0.25, 0.3) is 11.3 Å². The fraction of sp³-hybridized carbons (Fsp3) is 0.273. The maximum Gasteiger partial charge on any atom is 0.220 e. The Kier molecular flexibility index (Phi) is 6.49. The monoisotopic (exact) mass is 398 g/mol. The van der Waals surface area contributed by atoms with Crippen LogP contribution in [0.2, 0.25) is 0 Å². The summed E-state index contributed by atoms with van der Waals surface area (Å²) in [5, 5.41) is 2.95. The molecule has 2 aromatic carbocycles. The Morgan fingerprint density at radius 1 is 1.17 bits per heavy atom. The molecule has 1 atom stereocenters. The average molecular weight is 398 g/mol. The third-order valence-electron chi connectivity index (χ3n) is 4.53. The number of hydrogen-bond acceptors (Lipinski definition) is 5. The Morgan fingerprint density at radius 2 is 1.93 bits per heavy atom. The summed E-state index contributed by atoms with van der Waals surface area (Å²) in [6.45, 7) is 1.89. The Labute approximate surface area is 168 Å². The number of oxazole rings is 1. The first-order valence-corrected chi connectivity index (χ1v) is 9.22. The molecule has 0 aliphatic heterocycles. The molecule has 1 amide bonds. The number of amides is 1. The summed E-state index contributed by atoms with van der Waals surface area (Å²) in [4.78, 5) is 16.5. The van der Waals surface area contributed by atoms with Gasteiger partial charge in [-0.2, -0.15) is 0 Å². The molecule has 3 aromatic rings. The lowest BCUT2D eigenvalue weighted by molar-refractivity contribution is -0.121. The van der Waals surface area contributed by atoms with Crippen LogP contribution in [-0.2, 0) is 11.2 Å². The minimum Gasteiger partial charge on any atom is -0.497 e. The Bertz CT molecular complexity index is 969. The summed E-state index contributed by atoms with van der Waals surface area (Å²) in [6, 6.07) is 11.2. The number of carbonyl (C=O) groups is 1. The molecule has 29 heavy (non-hydrogen) atoms. The quantitative estimate of drug-likeness (QED) is 0.612. The van der Waals surface area contributed by atoms with Crippen LogP contribution < -0.4 is 14.8 Å².